The van der Waals surface area contributed by atoms with E-state index in [0.29, 0.717) is 42.9 Å². The molecule has 1 heterocycles. The number of oxime groups is 1. The number of benzene rings is 3. The number of aliphatic hydroxyl groups excluding tert-OH is 3. The van der Waals surface area contributed by atoms with Crippen LogP contribution in [0.15, 0.2) is 102 Å². The van der Waals surface area contributed by atoms with E-state index >= 15 is 0 Å². The highest BCUT2D eigenvalue weighted by atomic mass is 35.5. The molecule has 2 aliphatic carbocycles. The van der Waals surface area contributed by atoms with Gasteiger partial charge in [0.1, 0.15) is 36.5 Å². The molecule has 1 saturated carbocycles. The molecule has 16 heteroatoms. The summed E-state index contributed by atoms with van der Waals surface area (Å²) in [4.78, 5) is 33.2. The van der Waals surface area contributed by atoms with E-state index in [4.69, 9.17) is 45.3 Å². The molecule has 1 aliphatic heterocycles. The van der Waals surface area contributed by atoms with Crippen molar-refractivity contribution < 1.29 is 53.6 Å². The second kappa shape index (κ2) is 23.6. The van der Waals surface area contributed by atoms with Gasteiger partial charge in [0.2, 0.25) is 5.79 Å². The molecule has 340 valence electrons. The number of nitrogens with zero attached hydrogens (tertiary/aromatic N) is 3. The van der Waals surface area contributed by atoms with Gasteiger partial charge in [-0.05, 0) is 72.9 Å². The number of alkyl halides is 1. The fourth-order valence-corrected chi connectivity index (χ4v) is 9.26. The van der Waals surface area contributed by atoms with E-state index < -0.39 is 28.8 Å². The highest BCUT2D eigenvalue weighted by molar-refractivity contribution is 6.18. The minimum atomic E-state index is -1.57. The van der Waals surface area contributed by atoms with Crippen molar-refractivity contribution in [2.75, 3.05) is 58.7 Å². The largest absolute Gasteiger partial charge is 0.459 e. The van der Waals surface area contributed by atoms with Crippen molar-refractivity contribution in [3.8, 4) is 17.2 Å². The maximum atomic E-state index is 14.3. The fourth-order valence-electron chi connectivity index (χ4n) is 9.18. The average Bonchev–Trinajstić information content (AvgIpc) is 3.29. The Morgan fingerprint density at radius 1 is 0.968 bits per heavy atom. The minimum Gasteiger partial charge on any atom is -0.459 e. The molecule has 3 aromatic rings. The number of allylic oxidation sites excluding steroid dienone is 1. The molecule has 6 atom stereocenters. The molecule has 15 nitrogen and oxygen atoms in total. The number of nitro groups is 1. The first-order valence-corrected chi connectivity index (χ1v) is 22.2. The molecule has 6 unspecified atom stereocenters. The first-order chi connectivity index (χ1) is 30.8. The van der Waals surface area contributed by atoms with Crippen LogP contribution in [-0.4, -0.2) is 107 Å². The number of hydrogen-bond donors (Lipinski definition) is 3. The van der Waals surface area contributed by atoms with Crippen LogP contribution in [0.5, 0.6) is 17.2 Å². The highest BCUT2D eigenvalue weighted by Crippen LogP contribution is 2.62. The molecule has 0 saturated heterocycles. The summed E-state index contributed by atoms with van der Waals surface area (Å²) in [7, 11) is 0. The maximum absolute atomic E-state index is 14.3. The molecule has 3 aliphatic rings. The Hall–Kier alpha value is -5.03. The lowest BCUT2D eigenvalue weighted by Gasteiger charge is -2.59. The Balaban J connectivity index is 1.58. The van der Waals surface area contributed by atoms with E-state index in [-0.39, 0.29) is 101 Å². The summed E-state index contributed by atoms with van der Waals surface area (Å²) in [5.74, 6) is -1.37. The highest BCUT2D eigenvalue weighted by Gasteiger charge is 2.65. The Labute approximate surface area is 373 Å². The van der Waals surface area contributed by atoms with Gasteiger partial charge >= 0.3 is 6.09 Å². The lowest BCUT2D eigenvalue weighted by atomic mass is 9.55. The molecule has 1 fully saturated rings. The van der Waals surface area contributed by atoms with Gasteiger partial charge in [-0.15, -0.1) is 18.2 Å². The third-order valence-corrected chi connectivity index (χ3v) is 11.9. The predicted octanol–water partition coefficient (Wildman–Crippen LogP) is 7.91. The monoisotopic (exact) mass is 891 g/mol. The topological polar surface area (TPSA) is 192 Å². The number of halogens is 1. The Bertz CT molecular complexity index is 2040. The number of unbranched alkanes of at least 4 members (excludes halogenated alkanes) is 2. The van der Waals surface area contributed by atoms with Gasteiger partial charge < -0.3 is 43.8 Å². The van der Waals surface area contributed by atoms with Crippen LogP contribution in [0.4, 0.5) is 10.5 Å². The number of fused-ring (bicyclic) bond motifs is 2. The van der Waals surface area contributed by atoms with Crippen LogP contribution in [0, 0.1) is 27.9 Å². The van der Waals surface area contributed by atoms with Crippen LogP contribution in [0.2, 0.25) is 0 Å². The maximum Gasteiger partial charge on any atom is 0.410 e. The zero-order valence-electron chi connectivity index (χ0n) is 35.4. The van der Waals surface area contributed by atoms with Crippen LogP contribution in [0.25, 0.3) is 0 Å². The molecule has 0 spiro atoms. The van der Waals surface area contributed by atoms with Crippen molar-refractivity contribution in [3.05, 3.63) is 118 Å². The molecular formula is C47H58ClN3O12. The third-order valence-electron chi connectivity index (χ3n) is 11.8. The molecule has 3 N–H and O–H groups in total. The van der Waals surface area contributed by atoms with E-state index in [1.54, 1.807) is 30.3 Å². The van der Waals surface area contributed by atoms with Crippen molar-refractivity contribution in [2.45, 2.75) is 69.3 Å². The normalized spacial score (nSPS) is 22.8. The van der Waals surface area contributed by atoms with Gasteiger partial charge in [0.05, 0.1) is 54.9 Å². The van der Waals surface area contributed by atoms with Crippen molar-refractivity contribution in [1.82, 2.24) is 4.90 Å². The van der Waals surface area contributed by atoms with Crippen molar-refractivity contribution in [2.24, 2.45) is 22.9 Å². The van der Waals surface area contributed by atoms with Gasteiger partial charge in [0.25, 0.3) is 5.69 Å². The van der Waals surface area contributed by atoms with Gasteiger partial charge in [-0.3, -0.25) is 15.0 Å². The second-order valence-corrected chi connectivity index (χ2v) is 16.1. The molecule has 3 aromatic carbocycles. The van der Waals surface area contributed by atoms with Gasteiger partial charge in [0, 0.05) is 43.7 Å². The van der Waals surface area contributed by atoms with E-state index in [9.17, 15) is 30.2 Å². The molecule has 0 aromatic heterocycles. The average molecular weight is 892 g/mol. The summed E-state index contributed by atoms with van der Waals surface area (Å²) in [5.41, 5.74) is 3.03. The van der Waals surface area contributed by atoms with Gasteiger partial charge in [0.15, 0.2) is 0 Å². The number of non-ortho nitro benzene ring substituents is 1. The van der Waals surface area contributed by atoms with Crippen LogP contribution < -0.4 is 9.47 Å². The lowest BCUT2D eigenvalue weighted by Crippen LogP contribution is -2.70. The minimum absolute atomic E-state index is 0.0246. The summed E-state index contributed by atoms with van der Waals surface area (Å²) >= 11 is 6.03. The van der Waals surface area contributed by atoms with Crippen LogP contribution in [0.3, 0.4) is 0 Å². The quantitative estimate of drug-likeness (QED) is 0.0245. The summed E-state index contributed by atoms with van der Waals surface area (Å²) in [6, 6.07) is 20.2. The third kappa shape index (κ3) is 11.6. The number of hydrogen-bond acceptors (Lipinski definition) is 13. The Kier molecular flexibility index (Phi) is 17.8. The van der Waals surface area contributed by atoms with Gasteiger partial charge in [-0.1, -0.05) is 66.5 Å². The molecule has 0 radical (unpaired) electrons. The van der Waals surface area contributed by atoms with Gasteiger partial charge in [-0.2, -0.15) is 0 Å². The van der Waals surface area contributed by atoms with Crippen molar-refractivity contribution in [3.63, 3.8) is 0 Å². The van der Waals surface area contributed by atoms with Gasteiger partial charge in [-0.25, -0.2) is 4.79 Å². The lowest BCUT2D eigenvalue weighted by molar-refractivity contribution is -0.384. The number of carbonyl (C=O) groups excluding carboxylic acids is 1. The second-order valence-electron chi connectivity index (χ2n) is 15.7. The molecular weight excluding hydrogens is 834 g/mol. The Morgan fingerprint density at radius 3 is 2.48 bits per heavy atom. The Morgan fingerprint density at radius 2 is 1.75 bits per heavy atom. The predicted molar refractivity (Wildman–Crippen MR) is 236 cm³/mol. The zero-order valence-corrected chi connectivity index (χ0v) is 36.2. The summed E-state index contributed by atoms with van der Waals surface area (Å²) < 4.78 is 32.0. The van der Waals surface area contributed by atoms with Crippen molar-refractivity contribution in [1.29, 1.82) is 0 Å². The molecule has 0 bridgehead atoms. The molecule has 6 rings (SSSR count). The number of amides is 1. The number of rotatable bonds is 25. The summed E-state index contributed by atoms with van der Waals surface area (Å²) in [6.45, 7) is 4.19. The smallest absolute Gasteiger partial charge is 0.410 e. The molecule has 1 amide bonds. The van der Waals surface area contributed by atoms with E-state index in [2.05, 4.69) is 12.7 Å². The first kappa shape index (κ1) is 47.4. The number of carbonyl (C=O) groups is 1. The standard InChI is InChI=1S/C47H58ClN3O12/c1-2-24-60-47-43(50(20-26-58-27-23-54)46(55)59-25-19-48)31-41(49-61-32-33-11-4-3-5-12-33)39-28-34(13-6-8-21-52)38(16-7-9-22-53)44(45(39)47)40-30-37(17-18-42(40)63-47)62-36-15-10-14-35(29-36)51(56)57/h2-5,10-12,14-15,17-18,28-30,34,38,43-45,52-54H,1,6-9,13,16,19-27,31-32H2. The SMILES string of the molecule is C=CCOC12Oc3ccc(Oc4cccc([N+](=O)[O-])c4)cc3C3C(CCCCO)C(CCCCO)C=C(C(=NOCc4ccccc4)CC1N(CCOCCO)C(=O)OCCCl)C32. The first-order valence-electron chi connectivity index (χ1n) is 21.6. The number of aliphatic hydroxyl groups is 3. The zero-order chi connectivity index (χ0) is 44.6. The molecule has 63 heavy (non-hydrogen) atoms. The van der Waals surface area contributed by atoms with E-state index in [0.717, 1.165) is 29.5 Å². The van der Waals surface area contributed by atoms with Crippen LogP contribution in [-0.2, 0) is 25.7 Å². The number of nitro benzene ring substituents is 1. The number of ether oxygens (including phenoxy) is 5. The fraction of sp³-hybridized carbons (Fsp3) is 0.489. The van der Waals surface area contributed by atoms with Crippen LogP contribution in [0.1, 0.15) is 62.0 Å². The summed E-state index contributed by atoms with van der Waals surface area (Å²) in [5, 5.41) is 45.9. The van der Waals surface area contributed by atoms with Crippen molar-refractivity contribution >= 4 is 29.1 Å². The summed E-state index contributed by atoms with van der Waals surface area (Å²) in [6.07, 6.45) is 7.46. The van der Waals surface area contributed by atoms with E-state index in [1.165, 1.54) is 17.0 Å². The van der Waals surface area contributed by atoms with Crippen LogP contribution >= 0.6 is 11.6 Å². The van der Waals surface area contributed by atoms with E-state index in [1.807, 2.05) is 36.4 Å².